The molecular formula is C16H15F6NO3. The fourth-order valence-electron chi connectivity index (χ4n) is 2.75. The van der Waals surface area contributed by atoms with E-state index in [0.29, 0.717) is 12.1 Å². The van der Waals surface area contributed by atoms with Crippen LogP contribution in [-0.2, 0) is 21.9 Å². The third-order valence-electron chi connectivity index (χ3n) is 4.15. The van der Waals surface area contributed by atoms with E-state index in [2.05, 4.69) is 4.74 Å². The normalized spacial score (nSPS) is 16.5. The molecule has 1 aliphatic heterocycles. The van der Waals surface area contributed by atoms with Crippen molar-refractivity contribution in [1.82, 2.24) is 4.90 Å². The minimum absolute atomic E-state index is 0.0275. The summed E-state index contributed by atoms with van der Waals surface area (Å²) in [5, 5.41) is 0. The quantitative estimate of drug-likeness (QED) is 0.577. The number of methoxy groups -OCH3 is 1. The third-order valence-corrected chi connectivity index (χ3v) is 4.15. The molecule has 4 nitrogen and oxygen atoms in total. The van der Waals surface area contributed by atoms with Gasteiger partial charge in [0.25, 0.3) is 5.91 Å². The molecule has 1 fully saturated rings. The number of hydrogen-bond donors (Lipinski definition) is 0. The second-order valence-electron chi connectivity index (χ2n) is 5.88. The monoisotopic (exact) mass is 383 g/mol. The first-order valence-corrected chi connectivity index (χ1v) is 7.60. The first-order valence-electron chi connectivity index (χ1n) is 7.60. The van der Waals surface area contributed by atoms with Crippen LogP contribution < -0.4 is 0 Å². The summed E-state index contributed by atoms with van der Waals surface area (Å²) in [6, 6.07) is 0.786. The summed E-state index contributed by atoms with van der Waals surface area (Å²) in [5.74, 6) is -1.85. The number of carbonyl (C=O) groups excluding carboxylic acids is 2. The van der Waals surface area contributed by atoms with Gasteiger partial charge in [0, 0.05) is 18.7 Å². The largest absolute Gasteiger partial charge is 0.469 e. The van der Waals surface area contributed by atoms with E-state index in [-0.39, 0.29) is 32.0 Å². The van der Waals surface area contributed by atoms with Gasteiger partial charge < -0.3 is 9.64 Å². The Morgan fingerprint density at radius 3 is 1.81 bits per heavy atom. The first-order chi connectivity index (χ1) is 11.9. The highest BCUT2D eigenvalue weighted by atomic mass is 19.4. The lowest BCUT2D eigenvalue weighted by Gasteiger charge is -2.31. The number of carbonyl (C=O) groups is 2. The standard InChI is InChI=1S/C16H15F6NO3/c1-26-14(25)9-2-4-23(5-3-9)13(24)10-6-11(15(17,18)19)8-12(7-10)16(20,21)22/h6-9H,2-5H2,1H3. The molecule has 0 atom stereocenters. The van der Waals surface area contributed by atoms with Gasteiger partial charge in [-0.1, -0.05) is 0 Å². The van der Waals surface area contributed by atoms with Crippen molar-refractivity contribution in [3.05, 3.63) is 34.9 Å². The molecule has 1 heterocycles. The van der Waals surface area contributed by atoms with Crippen molar-refractivity contribution in [3.63, 3.8) is 0 Å². The Balaban J connectivity index is 2.27. The van der Waals surface area contributed by atoms with Crippen molar-refractivity contribution < 1.29 is 40.7 Å². The summed E-state index contributed by atoms with van der Waals surface area (Å²) in [6.07, 6.45) is -9.59. The fourth-order valence-corrected chi connectivity index (χ4v) is 2.75. The predicted molar refractivity (Wildman–Crippen MR) is 77.1 cm³/mol. The average molecular weight is 383 g/mol. The van der Waals surface area contributed by atoms with Gasteiger partial charge in [0.15, 0.2) is 0 Å². The van der Waals surface area contributed by atoms with E-state index in [1.165, 1.54) is 7.11 Å². The van der Waals surface area contributed by atoms with Gasteiger partial charge in [-0.2, -0.15) is 26.3 Å². The minimum Gasteiger partial charge on any atom is -0.469 e. The Hall–Kier alpha value is -2.26. The Kier molecular flexibility index (Phi) is 5.52. The lowest BCUT2D eigenvalue weighted by molar-refractivity contribution is -0.147. The number of ether oxygens (including phenoxy) is 1. The maximum atomic E-state index is 12.9. The number of rotatable bonds is 2. The lowest BCUT2D eigenvalue weighted by Crippen LogP contribution is -2.40. The summed E-state index contributed by atoms with van der Waals surface area (Å²) < 4.78 is 81.8. The Bertz CT molecular complexity index is 658. The summed E-state index contributed by atoms with van der Waals surface area (Å²) in [7, 11) is 1.21. The van der Waals surface area contributed by atoms with E-state index in [1.807, 2.05) is 0 Å². The van der Waals surface area contributed by atoms with Crippen LogP contribution in [0.2, 0.25) is 0 Å². The summed E-state index contributed by atoms with van der Waals surface area (Å²) in [6.45, 7) is 0.0758. The molecule has 1 aromatic rings. The highest BCUT2D eigenvalue weighted by Crippen LogP contribution is 2.36. The number of alkyl halides is 6. The molecule has 0 aromatic heterocycles. The minimum atomic E-state index is -5.02. The maximum absolute atomic E-state index is 12.9. The van der Waals surface area contributed by atoms with E-state index >= 15 is 0 Å². The predicted octanol–water partition coefficient (Wildman–Crippen LogP) is 3.75. The van der Waals surface area contributed by atoms with Crippen LogP contribution in [-0.4, -0.2) is 37.0 Å². The zero-order valence-corrected chi connectivity index (χ0v) is 13.6. The van der Waals surface area contributed by atoms with Gasteiger partial charge in [0.05, 0.1) is 24.2 Å². The molecule has 144 valence electrons. The Labute approximate surface area is 144 Å². The Morgan fingerprint density at radius 1 is 0.962 bits per heavy atom. The highest BCUT2D eigenvalue weighted by Gasteiger charge is 2.38. The number of amides is 1. The SMILES string of the molecule is COC(=O)C1CCN(C(=O)c2cc(C(F)(F)F)cc(C(F)(F)F)c2)CC1. The molecule has 0 radical (unpaired) electrons. The van der Waals surface area contributed by atoms with Gasteiger partial charge in [0.1, 0.15) is 0 Å². The van der Waals surface area contributed by atoms with Crippen LogP contribution in [0.15, 0.2) is 18.2 Å². The molecule has 0 unspecified atom stereocenters. The van der Waals surface area contributed by atoms with Crippen LogP contribution in [0.3, 0.4) is 0 Å². The number of esters is 1. The van der Waals surface area contributed by atoms with Crippen molar-refractivity contribution >= 4 is 11.9 Å². The molecular weight excluding hydrogens is 368 g/mol. The van der Waals surface area contributed by atoms with Gasteiger partial charge in [-0.25, -0.2) is 0 Å². The van der Waals surface area contributed by atoms with Crippen molar-refractivity contribution in [1.29, 1.82) is 0 Å². The molecule has 26 heavy (non-hydrogen) atoms. The van der Waals surface area contributed by atoms with Crippen molar-refractivity contribution in [2.45, 2.75) is 25.2 Å². The first kappa shape index (κ1) is 20.1. The topological polar surface area (TPSA) is 46.6 Å². The van der Waals surface area contributed by atoms with Gasteiger partial charge in [-0.05, 0) is 31.0 Å². The maximum Gasteiger partial charge on any atom is 0.416 e. The van der Waals surface area contributed by atoms with Gasteiger partial charge in [-0.3, -0.25) is 9.59 Å². The van der Waals surface area contributed by atoms with Crippen LogP contribution in [0.4, 0.5) is 26.3 Å². The molecule has 1 aliphatic rings. The molecule has 1 aromatic carbocycles. The number of hydrogen-bond acceptors (Lipinski definition) is 3. The average Bonchev–Trinajstić information content (AvgIpc) is 2.58. The zero-order chi connectivity index (χ0) is 19.7. The van der Waals surface area contributed by atoms with E-state index in [0.717, 1.165) is 4.90 Å². The fraction of sp³-hybridized carbons (Fsp3) is 0.500. The summed E-state index contributed by atoms with van der Waals surface area (Å²) in [4.78, 5) is 25.0. The molecule has 0 bridgehead atoms. The van der Waals surface area contributed by atoms with Crippen LogP contribution in [0, 0.1) is 5.92 Å². The second-order valence-corrected chi connectivity index (χ2v) is 5.88. The number of halogens is 6. The number of piperidine rings is 1. The zero-order valence-electron chi connectivity index (χ0n) is 13.6. The van der Waals surface area contributed by atoms with Crippen molar-refractivity contribution in [3.8, 4) is 0 Å². The van der Waals surface area contributed by atoms with Gasteiger partial charge >= 0.3 is 18.3 Å². The van der Waals surface area contributed by atoms with Crippen LogP contribution in [0.1, 0.15) is 34.3 Å². The molecule has 0 spiro atoms. The van der Waals surface area contributed by atoms with E-state index in [4.69, 9.17) is 0 Å². The molecule has 10 heteroatoms. The van der Waals surface area contributed by atoms with Gasteiger partial charge in [-0.15, -0.1) is 0 Å². The molecule has 1 amide bonds. The Morgan fingerprint density at radius 2 is 1.42 bits per heavy atom. The molecule has 0 N–H and O–H groups in total. The third kappa shape index (κ3) is 4.47. The van der Waals surface area contributed by atoms with E-state index < -0.39 is 46.8 Å². The second kappa shape index (κ2) is 7.16. The highest BCUT2D eigenvalue weighted by molar-refractivity contribution is 5.95. The van der Waals surface area contributed by atoms with E-state index in [9.17, 15) is 35.9 Å². The van der Waals surface area contributed by atoms with E-state index in [1.54, 1.807) is 0 Å². The number of likely N-dealkylation sites (tertiary alicyclic amines) is 1. The number of nitrogens with zero attached hydrogens (tertiary/aromatic N) is 1. The summed E-state index contributed by atoms with van der Waals surface area (Å²) in [5.41, 5.74) is -3.77. The van der Waals surface area contributed by atoms with Crippen LogP contribution in [0.25, 0.3) is 0 Å². The van der Waals surface area contributed by atoms with Crippen molar-refractivity contribution in [2.75, 3.05) is 20.2 Å². The smallest absolute Gasteiger partial charge is 0.416 e. The molecule has 0 aliphatic carbocycles. The van der Waals surface area contributed by atoms with Crippen LogP contribution in [0.5, 0.6) is 0 Å². The molecule has 2 rings (SSSR count). The van der Waals surface area contributed by atoms with Crippen LogP contribution >= 0.6 is 0 Å². The lowest BCUT2D eigenvalue weighted by atomic mass is 9.96. The molecule has 0 saturated carbocycles. The molecule has 1 saturated heterocycles. The van der Waals surface area contributed by atoms with Gasteiger partial charge in [0.2, 0.25) is 0 Å². The number of benzene rings is 1. The summed E-state index contributed by atoms with van der Waals surface area (Å²) >= 11 is 0. The van der Waals surface area contributed by atoms with Crippen molar-refractivity contribution in [2.24, 2.45) is 5.92 Å².